The molecule has 0 aromatic carbocycles. The van der Waals surface area contributed by atoms with Crippen molar-refractivity contribution in [1.29, 1.82) is 0 Å². The highest BCUT2D eigenvalue weighted by Gasteiger charge is 2.54. The number of nitrogens with zero attached hydrogens (tertiary/aromatic N) is 2. The molecule has 0 bridgehead atoms. The van der Waals surface area contributed by atoms with Crippen LogP contribution in [0.2, 0.25) is 0 Å². The van der Waals surface area contributed by atoms with Gasteiger partial charge in [0.05, 0.1) is 12.0 Å². The number of amides is 1. The maximum absolute atomic E-state index is 12.7. The maximum atomic E-state index is 12.7. The Balaban J connectivity index is 2.23. The normalized spacial score (nSPS) is 28.6. The Morgan fingerprint density at radius 2 is 2.04 bits per heavy atom. The highest BCUT2D eigenvalue weighted by molar-refractivity contribution is 5.80. The third-order valence-electron chi connectivity index (χ3n) is 5.25. The molecule has 6 heteroatoms. The van der Waals surface area contributed by atoms with E-state index in [1.54, 1.807) is 0 Å². The van der Waals surface area contributed by atoms with Crippen LogP contribution in [0, 0.1) is 11.3 Å². The van der Waals surface area contributed by atoms with Crippen LogP contribution >= 0.6 is 0 Å². The van der Waals surface area contributed by atoms with Crippen LogP contribution in [-0.2, 0) is 19.1 Å². The van der Waals surface area contributed by atoms with E-state index in [4.69, 9.17) is 9.47 Å². The van der Waals surface area contributed by atoms with Gasteiger partial charge in [-0.3, -0.25) is 14.5 Å². The highest BCUT2D eigenvalue weighted by Crippen LogP contribution is 2.44. The molecule has 0 aromatic rings. The number of rotatable bonds is 5. The number of esters is 1. The Hall–Kier alpha value is -1.14. The average molecular weight is 326 g/mol. The number of hydrogen-bond donors (Lipinski definition) is 0. The minimum absolute atomic E-state index is 0.00940. The van der Waals surface area contributed by atoms with Crippen LogP contribution in [0.25, 0.3) is 0 Å². The molecule has 2 saturated heterocycles. The summed E-state index contributed by atoms with van der Waals surface area (Å²) in [4.78, 5) is 29.2. The first kappa shape index (κ1) is 18.2. The number of ether oxygens (including phenoxy) is 2. The summed E-state index contributed by atoms with van der Waals surface area (Å²) >= 11 is 0. The third-order valence-corrected chi connectivity index (χ3v) is 5.25. The van der Waals surface area contributed by atoms with E-state index in [2.05, 4.69) is 18.7 Å². The quantitative estimate of drug-likeness (QED) is 0.709. The topological polar surface area (TPSA) is 59.1 Å². The molecule has 6 nitrogen and oxygen atoms in total. The second-order valence-electron chi connectivity index (χ2n) is 6.97. The van der Waals surface area contributed by atoms with E-state index in [1.165, 1.54) is 7.11 Å². The zero-order valence-electron chi connectivity index (χ0n) is 14.8. The van der Waals surface area contributed by atoms with Gasteiger partial charge in [-0.2, -0.15) is 0 Å². The van der Waals surface area contributed by atoms with Crippen molar-refractivity contribution in [2.45, 2.75) is 39.7 Å². The van der Waals surface area contributed by atoms with Crippen molar-refractivity contribution < 1.29 is 19.1 Å². The first-order chi connectivity index (χ1) is 10.9. The molecular weight excluding hydrogens is 296 g/mol. The molecular formula is C17H30N2O4. The van der Waals surface area contributed by atoms with Crippen molar-refractivity contribution in [3.8, 4) is 0 Å². The van der Waals surface area contributed by atoms with Gasteiger partial charge in [0.2, 0.25) is 5.91 Å². The molecule has 0 radical (unpaired) electrons. The summed E-state index contributed by atoms with van der Waals surface area (Å²) in [7, 11) is 1.54. The number of carbonyl (C=O) groups is 2. The maximum Gasteiger partial charge on any atom is 0.313 e. The smallest absolute Gasteiger partial charge is 0.313 e. The lowest BCUT2D eigenvalue weighted by atomic mass is 9.75. The Kier molecular flexibility index (Phi) is 6.03. The van der Waals surface area contributed by atoms with Crippen LogP contribution in [0.5, 0.6) is 0 Å². The molecule has 23 heavy (non-hydrogen) atoms. The van der Waals surface area contributed by atoms with Crippen LogP contribution < -0.4 is 0 Å². The lowest BCUT2D eigenvalue weighted by Crippen LogP contribution is -2.44. The van der Waals surface area contributed by atoms with Gasteiger partial charge in [0.25, 0.3) is 0 Å². The van der Waals surface area contributed by atoms with Crippen LogP contribution in [0.3, 0.4) is 0 Å². The zero-order valence-corrected chi connectivity index (χ0v) is 14.8. The molecule has 1 amide bonds. The van der Waals surface area contributed by atoms with Gasteiger partial charge in [-0.1, -0.05) is 0 Å². The lowest BCUT2D eigenvalue weighted by molar-refractivity contribution is -0.158. The minimum Gasteiger partial charge on any atom is -0.466 e. The van der Waals surface area contributed by atoms with Crippen LogP contribution in [0.1, 0.15) is 33.6 Å². The predicted octanol–water partition coefficient (Wildman–Crippen LogP) is 1.14. The standard InChI is InChI=1S/C17H30N2O4/c1-5-23-16(21)17-7-6-8-18(15(20)11-22-4)9-14(17)10-19(12-17)13(2)3/h13-14H,5-12H2,1-4H3/t14-,17-/m0/s1. The molecule has 2 heterocycles. The monoisotopic (exact) mass is 326 g/mol. The Morgan fingerprint density at radius 1 is 1.30 bits per heavy atom. The number of likely N-dealkylation sites (tertiary alicyclic amines) is 2. The van der Waals surface area contributed by atoms with E-state index in [1.807, 2.05) is 11.8 Å². The summed E-state index contributed by atoms with van der Waals surface area (Å²) in [5.74, 6) is 0.0524. The molecule has 0 saturated carbocycles. The fraction of sp³-hybridized carbons (Fsp3) is 0.882. The molecule has 0 aliphatic carbocycles. The molecule has 2 rings (SSSR count). The van der Waals surface area contributed by atoms with Crippen LogP contribution in [0.4, 0.5) is 0 Å². The summed E-state index contributed by atoms with van der Waals surface area (Å²) in [6.45, 7) is 9.55. The molecule has 2 fully saturated rings. The molecule has 0 unspecified atom stereocenters. The van der Waals surface area contributed by atoms with Crippen molar-refractivity contribution in [3.05, 3.63) is 0 Å². The minimum atomic E-state index is -0.470. The van der Waals surface area contributed by atoms with Crippen LogP contribution in [0.15, 0.2) is 0 Å². The number of fused-ring (bicyclic) bond motifs is 1. The summed E-state index contributed by atoms with van der Waals surface area (Å²) in [6.07, 6.45) is 1.62. The third kappa shape index (κ3) is 3.69. The SMILES string of the molecule is CCOC(=O)[C@]12CCCN(C(=O)COC)C[C@H]1CN(C(C)C)C2. The zero-order chi connectivity index (χ0) is 17.0. The molecule has 2 aliphatic heterocycles. The molecule has 0 N–H and O–H groups in total. The highest BCUT2D eigenvalue weighted by atomic mass is 16.5. The van der Waals surface area contributed by atoms with Gasteiger partial charge in [-0.25, -0.2) is 0 Å². The summed E-state index contributed by atoms with van der Waals surface area (Å²) in [5, 5.41) is 0. The molecule has 2 atom stereocenters. The van der Waals surface area contributed by atoms with Gasteiger partial charge in [-0.05, 0) is 33.6 Å². The van der Waals surface area contributed by atoms with Gasteiger partial charge in [0.1, 0.15) is 6.61 Å². The van der Waals surface area contributed by atoms with Crippen LogP contribution in [-0.4, -0.2) is 74.2 Å². The molecule has 2 aliphatic rings. The first-order valence-electron chi connectivity index (χ1n) is 8.62. The van der Waals surface area contributed by atoms with E-state index < -0.39 is 5.41 Å². The van der Waals surface area contributed by atoms with Gasteiger partial charge in [0.15, 0.2) is 0 Å². The van der Waals surface area contributed by atoms with E-state index in [9.17, 15) is 9.59 Å². The lowest BCUT2D eigenvalue weighted by Gasteiger charge is -2.31. The number of methoxy groups -OCH3 is 1. The van der Waals surface area contributed by atoms with Crippen molar-refractivity contribution in [2.24, 2.45) is 11.3 Å². The summed E-state index contributed by atoms with van der Waals surface area (Å²) < 4.78 is 10.4. The summed E-state index contributed by atoms with van der Waals surface area (Å²) in [6, 6.07) is 0.386. The molecule has 0 spiro atoms. The average Bonchev–Trinajstić information content (AvgIpc) is 2.77. The van der Waals surface area contributed by atoms with E-state index in [-0.39, 0.29) is 24.4 Å². The van der Waals surface area contributed by atoms with Gasteiger partial charge < -0.3 is 14.4 Å². The summed E-state index contributed by atoms with van der Waals surface area (Å²) in [5.41, 5.74) is -0.470. The van der Waals surface area contributed by atoms with Crippen molar-refractivity contribution >= 4 is 11.9 Å². The molecule has 132 valence electrons. The fourth-order valence-electron chi connectivity index (χ4n) is 3.91. The second-order valence-corrected chi connectivity index (χ2v) is 6.97. The Morgan fingerprint density at radius 3 is 2.65 bits per heavy atom. The van der Waals surface area contributed by atoms with Crippen molar-refractivity contribution in [2.75, 3.05) is 46.5 Å². The van der Waals surface area contributed by atoms with Crippen molar-refractivity contribution in [3.63, 3.8) is 0 Å². The number of carbonyl (C=O) groups excluding carboxylic acids is 2. The van der Waals surface area contributed by atoms with Crippen molar-refractivity contribution in [1.82, 2.24) is 9.80 Å². The molecule has 0 aromatic heterocycles. The van der Waals surface area contributed by atoms with E-state index in [0.717, 1.165) is 25.9 Å². The largest absolute Gasteiger partial charge is 0.466 e. The van der Waals surface area contributed by atoms with Gasteiger partial charge in [0, 0.05) is 45.2 Å². The first-order valence-corrected chi connectivity index (χ1v) is 8.62. The Labute approximate surface area is 139 Å². The Bertz CT molecular complexity index is 440. The van der Waals surface area contributed by atoms with E-state index >= 15 is 0 Å². The second kappa shape index (κ2) is 7.62. The predicted molar refractivity (Wildman–Crippen MR) is 87.0 cm³/mol. The number of hydrogen-bond acceptors (Lipinski definition) is 5. The van der Waals surface area contributed by atoms with Gasteiger partial charge >= 0.3 is 5.97 Å². The fourth-order valence-corrected chi connectivity index (χ4v) is 3.91. The van der Waals surface area contributed by atoms with E-state index in [0.29, 0.717) is 25.7 Å². The van der Waals surface area contributed by atoms with Gasteiger partial charge in [-0.15, -0.1) is 0 Å².